The fraction of sp³-hybridized carbons (Fsp3) is 0.217. The summed E-state index contributed by atoms with van der Waals surface area (Å²) in [5, 5.41) is 8.80. The minimum Gasteiger partial charge on any atom is -0.383 e. The first-order chi connectivity index (χ1) is 14.5. The molecule has 0 saturated heterocycles. The van der Waals surface area contributed by atoms with Crippen LogP contribution in [0.25, 0.3) is 22.0 Å². The summed E-state index contributed by atoms with van der Waals surface area (Å²) in [4.78, 5) is 21.6. The normalized spacial score (nSPS) is 17.8. The lowest BCUT2D eigenvalue weighted by molar-refractivity contribution is -0.117. The molecule has 0 radical (unpaired) electrons. The number of hydrogen-bond acceptors (Lipinski definition) is 5. The molecule has 1 amide bonds. The SMILES string of the molecule is Cc1cccc(-c2cc3cc(NC(=O)[C@H]4C[C@@H]4c4cnn(C)c4)ncc3c(N)n2)c1. The maximum Gasteiger partial charge on any atom is 0.229 e. The van der Waals surface area contributed by atoms with Gasteiger partial charge in [-0.15, -0.1) is 0 Å². The number of nitrogens with two attached hydrogens (primary N) is 1. The van der Waals surface area contributed by atoms with Crippen molar-refractivity contribution in [3.63, 3.8) is 0 Å². The number of nitrogens with zero attached hydrogens (tertiary/aromatic N) is 4. The number of hydrogen-bond donors (Lipinski definition) is 2. The summed E-state index contributed by atoms with van der Waals surface area (Å²) in [5.74, 6) is 1.11. The van der Waals surface area contributed by atoms with Crippen molar-refractivity contribution in [1.29, 1.82) is 0 Å². The lowest BCUT2D eigenvalue weighted by Crippen LogP contribution is -2.15. The lowest BCUT2D eigenvalue weighted by atomic mass is 10.1. The molecular weight excluding hydrogens is 376 g/mol. The Labute approximate surface area is 174 Å². The average molecular weight is 398 g/mol. The maximum atomic E-state index is 12.7. The Morgan fingerprint density at radius 3 is 2.87 bits per heavy atom. The molecule has 3 N–H and O–H groups in total. The molecule has 1 saturated carbocycles. The summed E-state index contributed by atoms with van der Waals surface area (Å²) < 4.78 is 1.76. The van der Waals surface area contributed by atoms with Crippen LogP contribution < -0.4 is 11.1 Å². The quantitative estimate of drug-likeness (QED) is 0.547. The maximum absolute atomic E-state index is 12.7. The average Bonchev–Trinajstić information content (AvgIpc) is 3.41. The minimum absolute atomic E-state index is 0.0170. The monoisotopic (exact) mass is 398 g/mol. The van der Waals surface area contributed by atoms with Gasteiger partial charge in [-0.2, -0.15) is 5.10 Å². The van der Waals surface area contributed by atoms with Crippen molar-refractivity contribution in [2.24, 2.45) is 13.0 Å². The van der Waals surface area contributed by atoms with Gasteiger partial charge in [-0.3, -0.25) is 9.48 Å². The molecule has 1 aromatic carbocycles. The summed E-state index contributed by atoms with van der Waals surface area (Å²) in [7, 11) is 1.88. The van der Waals surface area contributed by atoms with Gasteiger partial charge in [-0.25, -0.2) is 9.97 Å². The van der Waals surface area contributed by atoms with Crippen LogP contribution in [0.5, 0.6) is 0 Å². The fourth-order valence-electron chi connectivity index (χ4n) is 3.90. The van der Waals surface area contributed by atoms with E-state index in [1.54, 1.807) is 10.9 Å². The lowest BCUT2D eigenvalue weighted by Gasteiger charge is -2.09. The molecular formula is C23H22N6O. The number of aromatic nitrogens is 4. The zero-order valence-electron chi connectivity index (χ0n) is 16.8. The number of fused-ring (bicyclic) bond motifs is 1. The number of carbonyl (C=O) groups is 1. The van der Waals surface area contributed by atoms with E-state index in [1.807, 2.05) is 56.7 Å². The highest BCUT2D eigenvalue weighted by Gasteiger charge is 2.44. The van der Waals surface area contributed by atoms with Crippen molar-refractivity contribution in [1.82, 2.24) is 19.7 Å². The summed E-state index contributed by atoms with van der Waals surface area (Å²) in [6, 6.07) is 12.0. The molecule has 150 valence electrons. The Hall–Kier alpha value is -3.74. The molecule has 1 aliphatic rings. The summed E-state index contributed by atoms with van der Waals surface area (Å²) in [5.41, 5.74) is 10.2. The number of anilines is 2. The van der Waals surface area contributed by atoms with E-state index in [0.717, 1.165) is 39.6 Å². The topological polar surface area (TPSA) is 98.7 Å². The fourth-order valence-corrected chi connectivity index (χ4v) is 3.90. The predicted octanol–water partition coefficient (Wildman–Crippen LogP) is 3.66. The molecule has 2 atom stereocenters. The number of nitrogens with one attached hydrogen (secondary N) is 1. The predicted molar refractivity (Wildman–Crippen MR) is 117 cm³/mol. The third-order valence-electron chi connectivity index (χ3n) is 5.59. The molecule has 7 nitrogen and oxygen atoms in total. The van der Waals surface area contributed by atoms with Gasteiger partial charge in [0.2, 0.25) is 5.91 Å². The molecule has 0 bridgehead atoms. The number of pyridine rings is 2. The molecule has 0 spiro atoms. The van der Waals surface area contributed by atoms with Crippen LogP contribution in [0.4, 0.5) is 11.6 Å². The van der Waals surface area contributed by atoms with Crippen molar-refractivity contribution in [3.05, 3.63) is 66.1 Å². The smallest absolute Gasteiger partial charge is 0.229 e. The van der Waals surface area contributed by atoms with Crippen molar-refractivity contribution in [2.45, 2.75) is 19.3 Å². The summed E-state index contributed by atoms with van der Waals surface area (Å²) in [6.45, 7) is 2.04. The first-order valence-electron chi connectivity index (χ1n) is 9.90. The van der Waals surface area contributed by atoms with Crippen LogP contribution in [0.2, 0.25) is 0 Å². The third kappa shape index (κ3) is 3.39. The van der Waals surface area contributed by atoms with Gasteiger partial charge in [-0.1, -0.05) is 23.8 Å². The van der Waals surface area contributed by atoms with Crippen molar-refractivity contribution in [2.75, 3.05) is 11.1 Å². The van der Waals surface area contributed by atoms with Gasteiger partial charge in [0.15, 0.2) is 0 Å². The van der Waals surface area contributed by atoms with E-state index >= 15 is 0 Å². The Kier molecular flexibility index (Phi) is 4.24. The third-order valence-corrected chi connectivity index (χ3v) is 5.59. The van der Waals surface area contributed by atoms with Crippen LogP contribution in [0, 0.1) is 12.8 Å². The Balaban J connectivity index is 1.39. The largest absolute Gasteiger partial charge is 0.383 e. The highest BCUT2D eigenvalue weighted by molar-refractivity contribution is 5.98. The number of aryl methyl sites for hydroxylation is 2. The first-order valence-corrected chi connectivity index (χ1v) is 9.90. The first kappa shape index (κ1) is 18.3. The second-order valence-electron chi connectivity index (χ2n) is 7.94. The van der Waals surface area contributed by atoms with Crippen LogP contribution in [0.3, 0.4) is 0 Å². The Bertz CT molecular complexity index is 1280. The van der Waals surface area contributed by atoms with Crippen LogP contribution >= 0.6 is 0 Å². The van der Waals surface area contributed by atoms with E-state index in [-0.39, 0.29) is 17.7 Å². The van der Waals surface area contributed by atoms with E-state index in [2.05, 4.69) is 26.4 Å². The molecule has 3 aromatic heterocycles. The van der Waals surface area contributed by atoms with Gasteiger partial charge in [0, 0.05) is 36.3 Å². The summed E-state index contributed by atoms with van der Waals surface area (Å²) >= 11 is 0. The van der Waals surface area contributed by atoms with Crippen molar-refractivity contribution in [3.8, 4) is 11.3 Å². The Morgan fingerprint density at radius 2 is 2.10 bits per heavy atom. The van der Waals surface area contributed by atoms with E-state index in [9.17, 15) is 4.79 Å². The molecule has 4 aromatic rings. The second kappa shape index (κ2) is 6.95. The van der Waals surface area contributed by atoms with Crippen LogP contribution in [0.15, 0.2) is 55.0 Å². The van der Waals surface area contributed by atoms with Crippen LogP contribution in [0.1, 0.15) is 23.5 Å². The number of benzene rings is 1. The van der Waals surface area contributed by atoms with Crippen LogP contribution in [-0.2, 0) is 11.8 Å². The molecule has 30 heavy (non-hydrogen) atoms. The molecule has 1 aliphatic carbocycles. The van der Waals surface area contributed by atoms with Crippen molar-refractivity contribution < 1.29 is 4.79 Å². The highest BCUT2D eigenvalue weighted by atomic mass is 16.2. The Morgan fingerprint density at radius 1 is 1.23 bits per heavy atom. The van der Waals surface area contributed by atoms with Gasteiger partial charge in [0.05, 0.1) is 11.9 Å². The van der Waals surface area contributed by atoms with Gasteiger partial charge in [-0.05, 0) is 48.4 Å². The molecule has 1 fully saturated rings. The van der Waals surface area contributed by atoms with E-state index < -0.39 is 0 Å². The van der Waals surface area contributed by atoms with Gasteiger partial charge in [0.1, 0.15) is 11.6 Å². The van der Waals surface area contributed by atoms with Crippen molar-refractivity contribution >= 4 is 28.3 Å². The highest BCUT2D eigenvalue weighted by Crippen LogP contribution is 2.47. The molecule has 0 unspecified atom stereocenters. The number of amides is 1. The van der Waals surface area contributed by atoms with E-state index in [0.29, 0.717) is 11.6 Å². The summed E-state index contributed by atoms with van der Waals surface area (Å²) in [6.07, 6.45) is 6.29. The number of rotatable bonds is 4. The van der Waals surface area contributed by atoms with Crippen LogP contribution in [-0.4, -0.2) is 25.7 Å². The zero-order chi connectivity index (χ0) is 20.8. The zero-order valence-corrected chi connectivity index (χ0v) is 16.8. The number of carbonyl (C=O) groups excluding carboxylic acids is 1. The minimum atomic E-state index is -0.0444. The van der Waals surface area contributed by atoms with Gasteiger partial charge >= 0.3 is 0 Å². The second-order valence-corrected chi connectivity index (χ2v) is 7.94. The van der Waals surface area contributed by atoms with Gasteiger partial charge < -0.3 is 11.1 Å². The standard InChI is InChI=1S/C23H22N6O/c1-13-4-3-5-14(6-13)20-7-15-8-21(25-11-19(15)22(24)27-20)28-23(30)18-9-17(18)16-10-26-29(2)12-16/h3-8,10-12,17-18H,9H2,1-2H3,(H2,24,27)(H,25,28,30)/t17-,18+/m1/s1. The molecule has 3 heterocycles. The molecule has 7 heteroatoms. The van der Waals surface area contributed by atoms with Gasteiger partial charge in [0.25, 0.3) is 0 Å². The molecule has 5 rings (SSSR count). The van der Waals surface area contributed by atoms with E-state index in [4.69, 9.17) is 5.73 Å². The molecule has 0 aliphatic heterocycles. The van der Waals surface area contributed by atoms with E-state index in [1.165, 1.54) is 0 Å². The number of nitrogen functional groups attached to an aromatic ring is 1.